The number of carbonyl (C=O) groups excluding carboxylic acids is 1. The second-order valence-electron chi connectivity index (χ2n) is 7.11. The molecule has 0 radical (unpaired) electrons. The van der Waals surface area contributed by atoms with Crippen molar-refractivity contribution in [2.75, 3.05) is 11.9 Å². The lowest BCUT2D eigenvalue weighted by Gasteiger charge is -2.17. The number of carbonyl (C=O) groups is 1. The van der Waals surface area contributed by atoms with Crippen LogP contribution in [0.25, 0.3) is 22.2 Å². The fourth-order valence-corrected chi connectivity index (χ4v) is 2.42. The minimum absolute atomic E-state index is 0.0491. The standard InChI is InChI=1S/C20H22N2O2/c1-20(2,3)13-24-19(23)21-16-9-10-17-15(11-16)12-18(22-17)14-7-5-4-6-8-14/h4-12,22H,13H2,1-3H3,(H,21,23). The van der Waals surface area contributed by atoms with Gasteiger partial charge in [0.1, 0.15) is 0 Å². The number of benzene rings is 2. The second kappa shape index (κ2) is 6.40. The Labute approximate surface area is 141 Å². The first-order chi connectivity index (χ1) is 11.4. The summed E-state index contributed by atoms with van der Waals surface area (Å²) in [6.07, 6.45) is -0.428. The Morgan fingerprint density at radius 2 is 1.83 bits per heavy atom. The number of nitrogens with one attached hydrogen (secondary N) is 2. The van der Waals surface area contributed by atoms with Gasteiger partial charge < -0.3 is 9.72 Å². The molecule has 0 fully saturated rings. The fraction of sp³-hybridized carbons (Fsp3) is 0.250. The number of rotatable bonds is 3. The van der Waals surface area contributed by atoms with Crippen molar-refractivity contribution in [3.05, 3.63) is 54.6 Å². The molecule has 24 heavy (non-hydrogen) atoms. The van der Waals surface area contributed by atoms with Crippen LogP contribution in [0.15, 0.2) is 54.6 Å². The summed E-state index contributed by atoms with van der Waals surface area (Å²) in [5, 5.41) is 3.82. The minimum atomic E-state index is -0.428. The van der Waals surface area contributed by atoms with E-state index in [1.54, 1.807) is 0 Å². The van der Waals surface area contributed by atoms with Crippen LogP contribution in [0, 0.1) is 5.41 Å². The molecule has 0 saturated heterocycles. The van der Waals surface area contributed by atoms with Crippen molar-refractivity contribution >= 4 is 22.7 Å². The first kappa shape index (κ1) is 16.1. The lowest BCUT2D eigenvalue weighted by molar-refractivity contribution is 0.118. The molecule has 124 valence electrons. The monoisotopic (exact) mass is 322 g/mol. The number of aromatic nitrogens is 1. The van der Waals surface area contributed by atoms with Crippen LogP contribution in [0.1, 0.15) is 20.8 Å². The molecule has 0 aliphatic carbocycles. The van der Waals surface area contributed by atoms with E-state index in [1.165, 1.54) is 0 Å². The van der Waals surface area contributed by atoms with E-state index < -0.39 is 6.09 Å². The van der Waals surface area contributed by atoms with Crippen LogP contribution in [0.2, 0.25) is 0 Å². The molecule has 0 saturated carbocycles. The van der Waals surface area contributed by atoms with Gasteiger partial charge in [0.05, 0.1) is 6.61 Å². The molecule has 3 rings (SSSR count). The van der Waals surface area contributed by atoms with Crippen molar-refractivity contribution < 1.29 is 9.53 Å². The molecule has 1 amide bonds. The van der Waals surface area contributed by atoms with E-state index in [2.05, 4.69) is 28.5 Å². The van der Waals surface area contributed by atoms with E-state index >= 15 is 0 Å². The maximum absolute atomic E-state index is 11.9. The molecular formula is C20H22N2O2. The summed E-state index contributed by atoms with van der Waals surface area (Å²) in [4.78, 5) is 15.3. The van der Waals surface area contributed by atoms with Crippen LogP contribution in [-0.4, -0.2) is 17.7 Å². The van der Waals surface area contributed by atoms with Crippen LogP contribution in [0.5, 0.6) is 0 Å². The van der Waals surface area contributed by atoms with Crippen molar-refractivity contribution in [3.63, 3.8) is 0 Å². The minimum Gasteiger partial charge on any atom is -0.449 e. The van der Waals surface area contributed by atoms with Gasteiger partial charge in [0.25, 0.3) is 0 Å². The number of hydrogen-bond acceptors (Lipinski definition) is 2. The molecule has 2 aromatic carbocycles. The number of hydrogen-bond donors (Lipinski definition) is 2. The van der Waals surface area contributed by atoms with Gasteiger partial charge in [-0.25, -0.2) is 4.79 Å². The highest BCUT2D eigenvalue weighted by Gasteiger charge is 2.14. The summed E-state index contributed by atoms with van der Waals surface area (Å²) in [6, 6.07) is 18.0. The van der Waals surface area contributed by atoms with Crippen molar-refractivity contribution in [3.8, 4) is 11.3 Å². The van der Waals surface area contributed by atoms with Gasteiger partial charge in [0.2, 0.25) is 0 Å². The zero-order valence-corrected chi connectivity index (χ0v) is 14.2. The molecule has 1 heterocycles. The average Bonchev–Trinajstić information content (AvgIpc) is 2.96. The molecule has 0 spiro atoms. The van der Waals surface area contributed by atoms with Crippen LogP contribution in [0.4, 0.5) is 10.5 Å². The number of ether oxygens (including phenoxy) is 1. The number of aromatic amines is 1. The number of H-pyrrole nitrogens is 1. The smallest absolute Gasteiger partial charge is 0.411 e. The summed E-state index contributed by atoms with van der Waals surface area (Å²) in [7, 11) is 0. The highest BCUT2D eigenvalue weighted by molar-refractivity contribution is 5.92. The number of fused-ring (bicyclic) bond motifs is 1. The molecule has 4 heteroatoms. The van der Waals surface area contributed by atoms with E-state index in [0.717, 1.165) is 27.8 Å². The molecule has 2 N–H and O–H groups in total. The predicted molar refractivity (Wildman–Crippen MR) is 98.2 cm³/mol. The van der Waals surface area contributed by atoms with Gasteiger partial charge in [0.15, 0.2) is 0 Å². The summed E-state index contributed by atoms with van der Waals surface area (Å²) < 4.78 is 5.24. The van der Waals surface area contributed by atoms with Crippen LogP contribution < -0.4 is 5.32 Å². The fourth-order valence-electron chi connectivity index (χ4n) is 2.42. The van der Waals surface area contributed by atoms with E-state index in [9.17, 15) is 4.79 Å². The Kier molecular flexibility index (Phi) is 4.30. The Hall–Kier alpha value is -2.75. The van der Waals surface area contributed by atoms with Crippen molar-refractivity contribution in [2.45, 2.75) is 20.8 Å². The zero-order valence-electron chi connectivity index (χ0n) is 14.2. The molecule has 1 aromatic heterocycles. The molecule has 3 aromatic rings. The predicted octanol–water partition coefficient (Wildman–Crippen LogP) is 5.43. The summed E-state index contributed by atoms with van der Waals surface area (Å²) in [5.41, 5.74) is 3.89. The maximum Gasteiger partial charge on any atom is 0.411 e. The van der Waals surface area contributed by atoms with E-state index in [0.29, 0.717) is 6.61 Å². The summed E-state index contributed by atoms with van der Waals surface area (Å²) in [6.45, 7) is 6.45. The lowest BCUT2D eigenvalue weighted by atomic mass is 9.99. The molecule has 4 nitrogen and oxygen atoms in total. The summed E-state index contributed by atoms with van der Waals surface area (Å²) in [5.74, 6) is 0. The van der Waals surface area contributed by atoms with Gasteiger partial charge >= 0.3 is 6.09 Å². The van der Waals surface area contributed by atoms with Gasteiger partial charge in [-0.05, 0) is 35.2 Å². The molecule has 0 aliphatic rings. The van der Waals surface area contributed by atoms with E-state index in [4.69, 9.17) is 4.74 Å². The van der Waals surface area contributed by atoms with Crippen LogP contribution >= 0.6 is 0 Å². The van der Waals surface area contributed by atoms with E-state index in [1.807, 2.05) is 57.2 Å². The normalized spacial score (nSPS) is 11.5. The Bertz CT molecular complexity index is 845. The Morgan fingerprint density at radius 1 is 1.08 bits per heavy atom. The van der Waals surface area contributed by atoms with Gasteiger partial charge in [-0.15, -0.1) is 0 Å². The zero-order chi connectivity index (χ0) is 17.2. The van der Waals surface area contributed by atoms with Crippen molar-refractivity contribution in [1.82, 2.24) is 4.98 Å². The van der Waals surface area contributed by atoms with Gasteiger partial charge in [-0.1, -0.05) is 51.1 Å². The summed E-state index contributed by atoms with van der Waals surface area (Å²) >= 11 is 0. The third-order valence-corrected chi connectivity index (χ3v) is 3.59. The number of anilines is 1. The molecular weight excluding hydrogens is 300 g/mol. The third-order valence-electron chi connectivity index (χ3n) is 3.59. The Morgan fingerprint density at radius 3 is 2.54 bits per heavy atom. The quantitative estimate of drug-likeness (QED) is 0.675. The Balaban J connectivity index is 1.75. The van der Waals surface area contributed by atoms with E-state index in [-0.39, 0.29) is 5.41 Å². The average molecular weight is 322 g/mol. The first-order valence-corrected chi connectivity index (χ1v) is 8.03. The first-order valence-electron chi connectivity index (χ1n) is 8.03. The van der Waals surface area contributed by atoms with Crippen LogP contribution in [0.3, 0.4) is 0 Å². The van der Waals surface area contributed by atoms with Crippen molar-refractivity contribution in [2.24, 2.45) is 5.41 Å². The number of amides is 1. The highest BCUT2D eigenvalue weighted by atomic mass is 16.5. The van der Waals surface area contributed by atoms with Gasteiger partial charge in [-0.2, -0.15) is 0 Å². The largest absolute Gasteiger partial charge is 0.449 e. The SMILES string of the molecule is CC(C)(C)COC(=O)Nc1ccc2[nH]c(-c3ccccc3)cc2c1. The van der Waals surface area contributed by atoms with Crippen molar-refractivity contribution in [1.29, 1.82) is 0 Å². The molecule has 0 atom stereocenters. The lowest BCUT2D eigenvalue weighted by Crippen LogP contribution is -2.21. The molecule has 0 bridgehead atoms. The molecule has 0 unspecified atom stereocenters. The topological polar surface area (TPSA) is 54.1 Å². The third kappa shape index (κ3) is 3.96. The highest BCUT2D eigenvalue weighted by Crippen LogP contribution is 2.26. The van der Waals surface area contributed by atoms with Gasteiger partial charge in [0, 0.05) is 22.3 Å². The van der Waals surface area contributed by atoms with Gasteiger partial charge in [-0.3, -0.25) is 5.32 Å². The molecule has 0 aliphatic heterocycles. The van der Waals surface area contributed by atoms with Crippen LogP contribution in [-0.2, 0) is 4.74 Å². The maximum atomic E-state index is 11.9. The second-order valence-corrected chi connectivity index (χ2v) is 7.11.